The number of aryl methyl sites for hydroxylation is 2. The summed E-state index contributed by atoms with van der Waals surface area (Å²) in [5.41, 5.74) is 3.56. The van der Waals surface area contributed by atoms with E-state index in [9.17, 15) is 4.79 Å². The summed E-state index contributed by atoms with van der Waals surface area (Å²) >= 11 is 1.55. The van der Waals surface area contributed by atoms with Gasteiger partial charge in [0.2, 0.25) is 5.13 Å². The van der Waals surface area contributed by atoms with Crippen LogP contribution in [0.1, 0.15) is 27.4 Å². The molecule has 0 bridgehead atoms. The molecule has 1 N–H and O–H groups in total. The Kier molecular flexibility index (Phi) is 5.90. The number of hydrogen-bond acceptors (Lipinski definition) is 5. The third-order valence-electron chi connectivity index (χ3n) is 4.49. The number of carbonyl (C=O) groups excluding carboxylic acids is 1. The van der Waals surface area contributed by atoms with E-state index in [0.717, 1.165) is 28.0 Å². The molecule has 7 heteroatoms. The second-order valence-corrected chi connectivity index (χ2v) is 7.74. The molecule has 0 aliphatic carbocycles. The van der Waals surface area contributed by atoms with Crippen molar-refractivity contribution in [2.75, 3.05) is 6.54 Å². The van der Waals surface area contributed by atoms with Crippen molar-refractivity contribution in [3.63, 3.8) is 0 Å². The smallest absolute Gasteiger partial charge is 0.251 e. The number of nitrogens with zero attached hydrogens (tertiary/aromatic N) is 3. The topological polar surface area (TPSA) is 69.0 Å². The Balaban J connectivity index is 1.29. The number of rotatable bonds is 7. The SMILES string of the molecule is Cc1cc(C)n(-c2nc(CCNC(=O)c3ccc(Oc4ccccc4)cc3)cs2)n1. The largest absolute Gasteiger partial charge is 0.457 e. The third kappa shape index (κ3) is 4.75. The summed E-state index contributed by atoms with van der Waals surface area (Å²) in [6, 6.07) is 18.7. The van der Waals surface area contributed by atoms with E-state index in [-0.39, 0.29) is 5.91 Å². The maximum atomic E-state index is 12.4. The van der Waals surface area contributed by atoms with Crippen molar-refractivity contribution in [2.45, 2.75) is 20.3 Å². The Bertz CT molecular complexity index is 1130. The van der Waals surface area contributed by atoms with E-state index in [1.54, 1.807) is 35.6 Å². The summed E-state index contributed by atoms with van der Waals surface area (Å²) in [6.07, 6.45) is 0.663. The van der Waals surface area contributed by atoms with Gasteiger partial charge in [-0.15, -0.1) is 11.3 Å². The van der Waals surface area contributed by atoms with E-state index < -0.39 is 0 Å². The quantitative estimate of drug-likeness (QED) is 0.472. The van der Waals surface area contributed by atoms with Crippen LogP contribution in [-0.4, -0.2) is 27.2 Å². The molecule has 0 saturated heterocycles. The van der Waals surface area contributed by atoms with Crippen molar-refractivity contribution in [1.29, 1.82) is 0 Å². The lowest BCUT2D eigenvalue weighted by molar-refractivity contribution is 0.0954. The highest BCUT2D eigenvalue weighted by atomic mass is 32.1. The summed E-state index contributed by atoms with van der Waals surface area (Å²) in [7, 11) is 0. The normalized spacial score (nSPS) is 10.7. The zero-order chi connectivity index (χ0) is 20.9. The Hall–Kier alpha value is -3.45. The fraction of sp³-hybridized carbons (Fsp3) is 0.174. The van der Waals surface area contributed by atoms with Gasteiger partial charge in [0.25, 0.3) is 5.91 Å². The molecule has 0 aliphatic heterocycles. The van der Waals surface area contributed by atoms with Crippen molar-refractivity contribution in [3.05, 3.63) is 88.7 Å². The van der Waals surface area contributed by atoms with Gasteiger partial charge in [0.05, 0.1) is 11.4 Å². The van der Waals surface area contributed by atoms with Crippen molar-refractivity contribution >= 4 is 17.2 Å². The molecule has 1 amide bonds. The first-order valence-electron chi connectivity index (χ1n) is 9.68. The first-order valence-corrected chi connectivity index (χ1v) is 10.6. The number of hydrogen-bond donors (Lipinski definition) is 1. The Labute approximate surface area is 179 Å². The van der Waals surface area contributed by atoms with Gasteiger partial charge >= 0.3 is 0 Å². The van der Waals surface area contributed by atoms with Crippen molar-refractivity contribution in [3.8, 4) is 16.6 Å². The monoisotopic (exact) mass is 418 g/mol. The lowest BCUT2D eigenvalue weighted by Gasteiger charge is -2.07. The van der Waals surface area contributed by atoms with Gasteiger partial charge in [0, 0.05) is 29.6 Å². The first kappa shape index (κ1) is 19.8. The fourth-order valence-electron chi connectivity index (χ4n) is 3.04. The Morgan fingerprint density at radius 1 is 1.07 bits per heavy atom. The lowest BCUT2D eigenvalue weighted by atomic mass is 10.2. The molecule has 30 heavy (non-hydrogen) atoms. The minimum absolute atomic E-state index is 0.116. The molecule has 0 saturated carbocycles. The van der Waals surface area contributed by atoms with Crippen LogP contribution in [0, 0.1) is 13.8 Å². The van der Waals surface area contributed by atoms with Gasteiger partial charge < -0.3 is 10.1 Å². The molecule has 4 aromatic rings. The molecule has 2 aromatic carbocycles. The van der Waals surface area contributed by atoms with Gasteiger partial charge in [0.15, 0.2) is 0 Å². The highest BCUT2D eigenvalue weighted by Gasteiger charge is 2.10. The number of thiazole rings is 1. The van der Waals surface area contributed by atoms with E-state index in [1.807, 2.05) is 60.3 Å². The average Bonchev–Trinajstić information content (AvgIpc) is 3.35. The molecule has 0 aliphatic rings. The molecule has 0 fully saturated rings. The highest BCUT2D eigenvalue weighted by Crippen LogP contribution is 2.21. The minimum atomic E-state index is -0.116. The number of nitrogens with one attached hydrogen (secondary N) is 1. The maximum Gasteiger partial charge on any atom is 0.251 e. The van der Waals surface area contributed by atoms with E-state index >= 15 is 0 Å². The molecule has 2 heterocycles. The van der Waals surface area contributed by atoms with E-state index in [0.29, 0.717) is 24.3 Å². The number of aromatic nitrogens is 3. The number of ether oxygens (including phenoxy) is 1. The van der Waals surface area contributed by atoms with E-state index in [4.69, 9.17) is 4.74 Å². The van der Waals surface area contributed by atoms with Crippen molar-refractivity contribution < 1.29 is 9.53 Å². The van der Waals surface area contributed by atoms with E-state index in [1.165, 1.54) is 0 Å². The van der Waals surface area contributed by atoms with Gasteiger partial charge in [-0.2, -0.15) is 5.10 Å². The molecule has 152 valence electrons. The molecule has 0 unspecified atom stereocenters. The maximum absolute atomic E-state index is 12.4. The Morgan fingerprint density at radius 2 is 1.80 bits per heavy atom. The average molecular weight is 419 g/mol. The van der Waals surface area contributed by atoms with Crippen LogP contribution in [0.25, 0.3) is 5.13 Å². The second kappa shape index (κ2) is 8.92. The van der Waals surface area contributed by atoms with Crippen molar-refractivity contribution in [2.24, 2.45) is 0 Å². The van der Waals surface area contributed by atoms with Crippen molar-refractivity contribution in [1.82, 2.24) is 20.1 Å². The van der Waals surface area contributed by atoms with Gasteiger partial charge in [-0.3, -0.25) is 4.79 Å². The molecular weight excluding hydrogens is 396 g/mol. The predicted molar refractivity (Wildman–Crippen MR) is 118 cm³/mol. The molecular formula is C23H22N4O2S. The fourth-order valence-corrected chi connectivity index (χ4v) is 3.90. The summed E-state index contributed by atoms with van der Waals surface area (Å²) < 4.78 is 7.60. The molecule has 0 radical (unpaired) electrons. The molecule has 2 aromatic heterocycles. The van der Waals surface area contributed by atoms with Crippen LogP contribution in [-0.2, 0) is 6.42 Å². The van der Waals surface area contributed by atoms with Gasteiger partial charge in [0.1, 0.15) is 11.5 Å². The van der Waals surface area contributed by atoms with Crippen LogP contribution >= 0.6 is 11.3 Å². The van der Waals surface area contributed by atoms with Crippen LogP contribution in [0.5, 0.6) is 11.5 Å². The zero-order valence-electron chi connectivity index (χ0n) is 16.8. The highest BCUT2D eigenvalue weighted by molar-refractivity contribution is 7.12. The number of benzene rings is 2. The number of carbonyl (C=O) groups is 1. The lowest BCUT2D eigenvalue weighted by Crippen LogP contribution is -2.25. The molecule has 0 atom stereocenters. The standard InChI is InChI=1S/C23H22N4O2S/c1-16-14-17(2)27(26-16)23-25-19(15-30-23)12-13-24-22(28)18-8-10-21(11-9-18)29-20-6-4-3-5-7-20/h3-11,14-15H,12-13H2,1-2H3,(H,24,28). The number of para-hydroxylation sites is 1. The van der Waals surface area contributed by atoms with Gasteiger partial charge in [-0.25, -0.2) is 9.67 Å². The summed E-state index contributed by atoms with van der Waals surface area (Å²) in [4.78, 5) is 17.0. The minimum Gasteiger partial charge on any atom is -0.457 e. The zero-order valence-corrected chi connectivity index (χ0v) is 17.6. The summed E-state index contributed by atoms with van der Waals surface area (Å²) in [5.74, 6) is 1.34. The second-order valence-electron chi connectivity index (χ2n) is 6.91. The van der Waals surface area contributed by atoms with Gasteiger partial charge in [-0.1, -0.05) is 18.2 Å². The molecule has 6 nitrogen and oxygen atoms in total. The van der Waals surface area contributed by atoms with Crippen LogP contribution < -0.4 is 10.1 Å². The third-order valence-corrected chi connectivity index (χ3v) is 5.36. The number of amides is 1. The van der Waals surface area contributed by atoms with Crippen LogP contribution in [0.3, 0.4) is 0 Å². The first-order chi connectivity index (χ1) is 14.6. The summed E-state index contributed by atoms with van der Waals surface area (Å²) in [6.45, 7) is 4.49. The predicted octanol–water partition coefficient (Wildman–Crippen LogP) is 4.71. The van der Waals surface area contributed by atoms with Crippen LogP contribution in [0.15, 0.2) is 66.0 Å². The molecule has 4 rings (SSSR count). The Morgan fingerprint density at radius 3 is 2.50 bits per heavy atom. The van der Waals surface area contributed by atoms with E-state index in [2.05, 4.69) is 15.4 Å². The molecule has 0 spiro atoms. The van der Waals surface area contributed by atoms with Gasteiger partial charge in [-0.05, 0) is 56.3 Å². The van der Waals surface area contributed by atoms with Crippen LogP contribution in [0.2, 0.25) is 0 Å². The summed E-state index contributed by atoms with van der Waals surface area (Å²) in [5, 5.41) is 10.3. The van der Waals surface area contributed by atoms with Crippen LogP contribution in [0.4, 0.5) is 0 Å².